The second-order valence-corrected chi connectivity index (χ2v) is 11.0. The van der Waals surface area contributed by atoms with E-state index in [9.17, 15) is 9.90 Å². The van der Waals surface area contributed by atoms with Gasteiger partial charge in [0.05, 0.1) is 13.2 Å². The summed E-state index contributed by atoms with van der Waals surface area (Å²) in [5.74, 6) is 2.63. The Labute approximate surface area is 199 Å². The highest BCUT2D eigenvalue weighted by atomic mass is 79.9. The number of ketones is 1. The lowest BCUT2D eigenvalue weighted by atomic mass is 9.55. The van der Waals surface area contributed by atoms with Crippen molar-refractivity contribution in [2.24, 2.45) is 17.3 Å². The van der Waals surface area contributed by atoms with Crippen molar-refractivity contribution in [1.29, 1.82) is 0 Å². The number of allylic oxidation sites excluding steroid dienone is 1. The Balaban J connectivity index is 1.45. The van der Waals surface area contributed by atoms with E-state index >= 15 is 0 Å². The number of rotatable bonds is 4. The third kappa shape index (κ3) is 3.66. The summed E-state index contributed by atoms with van der Waals surface area (Å²) < 4.78 is 6.66. The van der Waals surface area contributed by atoms with Crippen molar-refractivity contribution in [2.45, 2.75) is 57.5 Å². The molecular formula is C28H31BrO3. The van der Waals surface area contributed by atoms with Crippen LogP contribution in [0.3, 0.4) is 0 Å². The smallest absolute Gasteiger partial charge is 0.185 e. The van der Waals surface area contributed by atoms with Gasteiger partial charge in [-0.05, 0) is 121 Å². The average molecular weight is 495 g/mol. The molecule has 0 aromatic heterocycles. The monoisotopic (exact) mass is 494 g/mol. The van der Waals surface area contributed by atoms with Gasteiger partial charge in [-0.1, -0.05) is 22.9 Å². The zero-order valence-corrected chi connectivity index (χ0v) is 20.4. The van der Waals surface area contributed by atoms with Crippen LogP contribution in [0.5, 0.6) is 5.75 Å². The fraction of sp³-hybridized carbons (Fsp3) is 0.464. The van der Waals surface area contributed by atoms with Crippen LogP contribution in [-0.4, -0.2) is 24.1 Å². The Bertz CT molecular complexity index is 1060. The molecule has 2 aromatic carbocycles. The molecule has 5 atom stereocenters. The highest BCUT2D eigenvalue weighted by molar-refractivity contribution is 9.10. The molecule has 3 aliphatic carbocycles. The summed E-state index contributed by atoms with van der Waals surface area (Å²) >= 11 is 3.42. The van der Waals surface area contributed by atoms with E-state index in [2.05, 4.69) is 35.0 Å². The van der Waals surface area contributed by atoms with Crippen LogP contribution in [-0.2, 0) is 6.42 Å². The van der Waals surface area contributed by atoms with Gasteiger partial charge in [0.2, 0.25) is 0 Å². The predicted octanol–water partition coefficient (Wildman–Crippen LogP) is 6.57. The Morgan fingerprint density at radius 2 is 1.94 bits per heavy atom. The SMILES string of the molecule is COc1cc2c(cc1/C=C/C(=O)c1ccc(Br)cc1)[C@H]1CC[C@]3(C)C(O)CC[C@H]3[C@@H]1CC2. The molecule has 0 radical (unpaired) electrons. The largest absolute Gasteiger partial charge is 0.496 e. The van der Waals surface area contributed by atoms with Crippen molar-refractivity contribution >= 4 is 27.8 Å². The number of hydrogen-bond donors (Lipinski definition) is 1. The summed E-state index contributed by atoms with van der Waals surface area (Å²) in [6, 6.07) is 11.9. The minimum atomic E-state index is -0.145. The van der Waals surface area contributed by atoms with Gasteiger partial charge in [0.1, 0.15) is 5.75 Å². The molecule has 2 saturated carbocycles. The number of aliphatic hydroxyl groups is 1. The van der Waals surface area contributed by atoms with E-state index in [1.54, 1.807) is 13.2 Å². The molecule has 168 valence electrons. The van der Waals surface area contributed by atoms with E-state index in [-0.39, 0.29) is 17.3 Å². The Kier molecular flexibility index (Phi) is 5.79. The van der Waals surface area contributed by atoms with Crippen molar-refractivity contribution in [3.8, 4) is 5.75 Å². The zero-order chi connectivity index (χ0) is 22.5. The number of aryl methyl sites for hydroxylation is 1. The number of fused-ring (bicyclic) bond motifs is 5. The lowest BCUT2D eigenvalue weighted by Crippen LogP contribution is -2.43. The number of hydrogen-bond acceptors (Lipinski definition) is 3. The normalized spacial score (nSPS) is 31.1. The molecular weight excluding hydrogens is 464 g/mol. The van der Waals surface area contributed by atoms with Crippen LogP contribution in [0.2, 0.25) is 0 Å². The van der Waals surface area contributed by atoms with Crippen molar-refractivity contribution in [2.75, 3.05) is 7.11 Å². The van der Waals surface area contributed by atoms with Gasteiger partial charge in [-0.25, -0.2) is 0 Å². The number of ether oxygens (including phenoxy) is 1. The van der Waals surface area contributed by atoms with Crippen LogP contribution in [0.25, 0.3) is 6.08 Å². The maximum absolute atomic E-state index is 12.7. The molecule has 32 heavy (non-hydrogen) atoms. The molecule has 5 rings (SSSR count). The molecule has 0 bridgehead atoms. The number of carbonyl (C=O) groups excluding carboxylic acids is 1. The number of halogens is 1. The second-order valence-electron chi connectivity index (χ2n) is 10.1. The van der Waals surface area contributed by atoms with Crippen molar-refractivity contribution in [3.63, 3.8) is 0 Å². The molecule has 0 amide bonds. The standard InChI is InChI=1S/C28H31BrO3/c1-28-14-13-21-22(24(28)10-12-27(28)31)9-5-18-16-26(32-2)19(15-23(18)21)6-11-25(30)17-3-7-20(29)8-4-17/h3-4,6-8,11,15-16,21-22,24,27,31H,5,9-10,12-14H2,1-2H3/b11-6+/t21-,22+,24-,27?,28-/m0/s1. The first-order valence-electron chi connectivity index (χ1n) is 11.8. The molecule has 2 fully saturated rings. The molecule has 0 heterocycles. The van der Waals surface area contributed by atoms with Gasteiger partial charge in [0, 0.05) is 15.6 Å². The molecule has 1 N–H and O–H groups in total. The second kappa shape index (κ2) is 8.46. The first-order chi connectivity index (χ1) is 15.4. The molecule has 1 unspecified atom stereocenters. The van der Waals surface area contributed by atoms with E-state index in [1.807, 2.05) is 30.3 Å². The highest BCUT2D eigenvalue weighted by Gasteiger charge is 2.54. The van der Waals surface area contributed by atoms with Gasteiger partial charge in [-0.15, -0.1) is 0 Å². The number of carbonyl (C=O) groups is 1. The van der Waals surface area contributed by atoms with E-state index in [0.717, 1.165) is 47.9 Å². The van der Waals surface area contributed by atoms with E-state index < -0.39 is 0 Å². The third-order valence-corrected chi connectivity index (χ3v) is 9.10. The van der Waals surface area contributed by atoms with Gasteiger partial charge in [0.15, 0.2) is 5.78 Å². The highest BCUT2D eigenvalue weighted by Crippen LogP contribution is 2.61. The summed E-state index contributed by atoms with van der Waals surface area (Å²) in [5, 5.41) is 10.7. The number of methoxy groups -OCH3 is 1. The lowest BCUT2D eigenvalue weighted by Gasteiger charge is -2.50. The minimum Gasteiger partial charge on any atom is -0.496 e. The van der Waals surface area contributed by atoms with E-state index in [1.165, 1.54) is 17.5 Å². The first kappa shape index (κ1) is 21.9. The van der Waals surface area contributed by atoms with Crippen LogP contribution < -0.4 is 4.74 Å². The van der Waals surface area contributed by atoms with Crippen LogP contribution in [0.15, 0.2) is 46.9 Å². The summed E-state index contributed by atoms with van der Waals surface area (Å²) in [6.07, 6.45) is 10.0. The summed E-state index contributed by atoms with van der Waals surface area (Å²) in [4.78, 5) is 12.7. The van der Waals surface area contributed by atoms with Crippen LogP contribution >= 0.6 is 15.9 Å². The first-order valence-corrected chi connectivity index (χ1v) is 12.6. The van der Waals surface area contributed by atoms with Gasteiger partial charge in [-0.3, -0.25) is 4.79 Å². The predicted molar refractivity (Wildman–Crippen MR) is 131 cm³/mol. The number of benzene rings is 2. The lowest BCUT2D eigenvalue weighted by molar-refractivity contribution is -0.0226. The Morgan fingerprint density at radius 3 is 2.69 bits per heavy atom. The van der Waals surface area contributed by atoms with E-state index in [0.29, 0.717) is 23.3 Å². The summed E-state index contributed by atoms with van der Waals surface area (Å²) in [6.45, 7) is 2.32. The van der Waals surface area contributed by atoms with E-state index in [4.69, 9.17) is 4.74 Å². The molecule has 0 aliphatic heterocycles. The van der Waals surface area contributed by atoms with Crippen molar-refractivity contribution < 1.29 is 14.6 Å². The number of aliphatic hydroxyl groups excluding tert-OH is 1. The molecule has 3 aliphatic rings. The minimum absolute atomic E-state index is 0.0106. The molecule has 0 saturated heterocycles. The van der Waals surface area contributed by atoms with Gasteiger partial charge in [-0.2, -0.15) is 0 Å². The third-order valence-electron chi connectivity index (χ3n) is 8.57. The van der Waals surface area contributed by atoms with Gasteiger partial charge >= 0.3 is 0 Å². The Morgan fingerprint density at radius 1 is 1.16 bits per heavy atom. The molecule has 4 heteroatoms. The van der Waals surface area contributed by atoms with Gasteiger partial charge in [0.25, 0.3) is 0 Å². The Hall–Kier alpha value is -1.91. The van der Waals surface area contributed by atoms with Crippen LogP contribution in [0.4, 0.5) is 0 Å². The van der Waals surface area contributed by atoms with Crippen LogP contribution in [0.1, 0.15) is 72.0 Å². The quantitative estimate of drug-likeness (QED) is 0.386. The zero-order valence-electron chi connectivity index (χ0n) is 18.8. The molecule has 2 aromatic rings. The summed E-state index contributed by atoms with van der Waals surface area (Å²) in [7, 11) is 1.70. The topological polar surface area (TPSA) is 46.5 Å². The van der Waals surface area contributed by atoms with Crippen LogP contribution in [0, 0.1) is 17.3 Å². The van der Waals surface area contributed by atoms with Crippen molar-refractivity contribution in [3.05, 3.63) is 69.2 Å². The fourth-order valence-corrected chi connectivity index (χ4v) is 7.04. The maximum Gasteiger partial charge on any atom is 0.185 e. The molecule has 3 nitrogen and oxygen atoms in total. The summed E-state index contributed by atoms with van der Waals surface area (Å²) in [5.41, 5.74) is 4.55. The maximum atomic E-state index is 12.7. The average Bonchev–Trinajstić information content (AvgIpc) is 3.11. The van der Waals surface area contributed by atoms with Gasteiger partial charge < -0.3 is 9.84 Å². The fourth-order valence-electron chi connectivity index (χ4n) is 6.77. The molecule has 0 spiro atoms. The van der Waals surface area contributed by atoms with Crippen molar-refractivity contribution in [1.82, 2.24) is 0 Å².